The van der Waals surface area contributed by atoms with Gasteiger partial charge >= 0.3 is 0 Å². The second-order valence-corrected chi connectivity index (χ2v) is 7.02. The fourth-order valence-electron chi connectivity index (χ4n) is 3.90. The van der Waals surface area contributed by atoms with Crippen molar-refractivity contribution in [1.29, 1.82) is 0 Å². The standard InChI is InChI=1S/C16H28N2O2/c1-5-16(6-2)14(20)18(11-13(19)17-16)12-9-7-8-10-15(12,3)4/h12H,5-11H2,1-4H3,(H,17,19). The maximum atomic E-state index is 13.0. The Morgan fingerprint density at radius 2 is 1.85 bits per heavy atom. The zero-order valence-electron chi connectivity index (χ0n) is 13.3. The van der Waals surface area contributed by atoms with Crippen LogP contribution in [0, 0.1) is 5.41 Å². The Kier molecular flexibility index (Phi) is 4.12. The Morgan fingerprint density at radius 1 is 1.20 bits per heavy atom. The summed E-state index contributed by atoms with van der Waals surface area (Å²) in [6.07, 6.45) is 5.87. The van der Waals surface area contributed by atoms with Gasteiger partial charge in [0, 0.05) is 6.04 Å². The fourth-order valence-corrected chi connectivity index (χ4v) is 3.90. The van der Waals surface area contributed by atoms with Crippen molar-refractivity contribution in [2.24, 2.45) is 5.41 Å². The lowest BCUT2D eigenvalue weighted by Gasteiger charge is -2.50. The minimum Gasteiger partial charge on any atom is -0.340 e. The van der Waals surface area contributed by atoms with Gasteiger partial charge in [-0.1, -0.05) is 40.5 Å². The molecule has 1 N–H and O–H groups in total. The SMILES string of the molecule is CCC1(CC)NC(=O)CN(C2CCCCC2(C)C)C1=O. The summed E-state index contributed by atoms with van der Waals surface area (Å²) in [5, 5.41) is 2.95. The van der Waals surface area contributed by atoms with E-state index in [0.717, 1.165) is 19.3 Å². The number of nitrogens with zero attached hydrogens (tertiary/aromatic N) is 1. The summed E-state index contributed by atoms with van der Waals surface area (Å²) in [7, 11) is 0. The van der Waals surface area contributed by atoms with Crippen LogP contribution in [0.15, 0.2) is 0 Å². The van der Waals surface area contributed by atoms with E-state index in [1.54, 1.807) is 0 Å². The predicted octanol–water partition coefficient (Wildman–Crippen LogP) is 2.47. The van der Waals surface area contributed by atoms with Gasteiger partial charge in [-0.05, 0) is 31.1 Å². The molecule has 2 fully saturated rings. The van der Waals surface area contributed by atoms with E-state index in [-0.39, 0.29) is 29.8 Å². The van der Waals surface area contributed by atoms with Crippen LogP contribution in [0.4, 0.5) is 0 Å². The second kappa shape index (κ2) is 5.38. The van der Waals surface area contributed by atoms with Gasteiger partial charge in [0.05, 0.1) is 6.54 Å². The largest absolute Gasteiger partial charge is 0.340 e. The smallest absolute Gasteiger partial charge is 0.249 e. The molecule has 0 radical (unpaired) electrons. The number of rotatable bonds is 3. The first kappa shape index (κ1) is 15.3. The molecule has 2 aliphatic rings. The third-order valence-electron chi connectivity index (χ3n) is 5.40. The summed E-state index contributed by atoms with van der Waals surface area (Å²) >= 11 is 0. The van der Waals surface area contributed by atoms with E-state index in [1.165, 1.54) is 6.42 Å². The van der Waals surface area contributed by atoms with Crippen molar-refractivity contribution < 1.29 is 9.59 Å². The Morgan fingerprint density at radius 3 is 2.40 bits per heavy atom. The highest BCUT2D eigenvalue weighted by Crippen LogP contribution is 2.40. The highest BCUT2D eigenvalue weighted by atomic mass is 16.2. The summed E-state index contributed by atoms with van der Waals surface area (Å²) in [5.41, 5.74) is -0.568. The number of carbonyl (C=O) groups excluding carboxylic acids is 2. The summed E-state index contributed by atoms with van der Waals surface area (Å²) < 4.78 is 0. The van der Waals surface area contributed by atoms with Crippen molar-refractivity contribution >= 4 is 11.8 Å². The highest BCUT2D eigenvalue weighted by Gasteiger charge is 2.49. The lowest BCUT2D eigenvalue weighted by atomic mass is 9.71. The first-order chi connectivity index (χ1) is 9.36. The van der Waals surface area contributed by atoms with Crippen molar-refractivity contribution in [3.05, 3.63) is 0 Å². The minimum atomic E-state index is -0.678. The summed E-state index contributed by atoms with van der Waals surface area (Å²) in [5.74, 6) is 0.122. The number of nitrogens with one attached hydrogen (secondary N) is 1. The zero-order valence-corrected chi connectivity index (χ0v) is 13.3. The Balaban J connectivity index is 2.30. The Hall–Kier alpha value is -1.06. The molecule has 0 aromatic carbocycles. The summed E-state index contributed by atoms with van der Waals surface area (Å²) in [6.45, 7) is 8.66. The minimum absolute atomic E-state index is 0.00493. The maximum absolute atomic E-state index is 13.0. The van der Waals surface area contributed by atoms with Gasteiger partial charge < -0.3 is 10.2 Å². The number of hydrogen-bond acceptors (Lipinski definition) is 2. The molecule has 1 atom stereocenters. The Labute approximate surface area is 122 Å². The predicted molar refractivity (Wildman–Crippen MR) is 79.2 cm³/mol. The van der Waals surface area contributed by atoms with E-state index in [9.17, 15) is 9.59 Å². The van der Waals surface area contributed by atoms with Crippen molar-refractivity contribution in [3.8, 4) is 0 Å². The van der Waals surface area contributed by atoms with Crippen molar-refractivity contribution in [3.63, 3.8) is 0 Å². The molecule has 1 heterocycles. The quantitative estimate of drug-likeness (QED) is 0.863. The van der Waals surface area contributed by atoms with Gasteiger partial charge in [0.15, 0.2) is 0 Å². The van der Waals surface area contributed by atoms with E-state index < -0.39 is 5.54 Å². The van der Waals surface area contributed by atoms with Gasteiger partial charge in [0.1, 0.15) is 5.54 Å². The van der Waals surface area contributed by atoms with Gasteiger partial charge in [0.25, 0.3) is 0 Å². The number of amides is 2. The van der Waals surface area contributed by atoms with Crippen LogP contribution in [0.2, 0.25) is 0 Å². The fraction of sp³-hybridized carbons (Fsp3) is 0.875. The second-order valence-electron chi connectivity index (χ2n) is 7.02. The number of carbonyl (C=O) groups is 2. The molecule has 20 heavy (non-hydrogen) atoms. The van der Waals surface area contributed by atoms with Crippen LogP contribution in [-0.4, -0.2) is 34.8 Å². The molecule has 2 rings (SSSR count). The average molecular weight is 280 g/mol. The van der Waals surface area contributed by atoms with Gasteiger partial charge in [-0.15, -0.1) is 0 Å². The third-order valence-corrected chi connectivity index (χ3v) is 5.40. The lowest BCUT2D eigenvalue weighted by Crippen LogP contribution is -2.69. The molecular formula is C16H28N2O2. The van der Waals surface area contributed by atoms with E-state index in [0.29, 0.717) is 12.8 Å². The first-order valence-corrected chi connectivity index (χ1v) is 7.98. The van der Waals surface area contributed by atoms with E-state index in [2.05, 4.69) is 19.2 Å². The van der Waals surface area contributed by atoms with E-state index >= 15 is 0 Å². The first-order valence-electron chi connectivity index (χ1n) is 7.98. The van der Waals surface area contributed by atoms with Crippen LogP contribution in [-0.2, 0) is 9.59 Å². The number of piperazine rings is 1. The summed E-state index contributed by atoms with van der Waals surface area (Å²) in [4.78, 5) is 26.9. The van der Waals surface area contributed by atoms with Crippen molar-refractivity contribution in [2.45, 2.75) is 77.8 Å². The zero-order chi connectivity index (χ0) is 15.0. The third kappa shape index (κ3) is 2.45. The van der Waals surface area contributed by atoms with Crippen LogP contribution in [0.1, 0.15) is 66.2 Å². The topological polar surface area (TPSA) is 49.4 Å². The molecule has 2 amide bonds. The molecule has 1 unspecified atom stereocenters. The molecule has 0 bridgehead atoms. The molecule has 1 aliphatic heterocycles. The Bertz CT molecular complexity index is 399. The van der Waals surface area contributed by atoms with E-state index in [4.69, 9.17) is 0 Å². The van der Waals surface area contributed by atoms with Gasteiger partial charge in [-0.3, -0.25) is 9.59 Å². The van der Waals surface area contributed by atoms with Gasteiger partial charge in [-0.2, -0.15) is 0 Å². The average Bonchev–Trinajstić information content (AvgIpc) is 2.41. The van der Waals surface area contributed by atoms with E-state index in [1.807, 2.05) is 18.7 Å². The molecule has 1 saturated heterocycles. The molecule has 1 saturated carbocycles. The molecule has 114 valence electrons. The molecular weight excluding hydrogens is 252 g/mol. The number of hydrogen-bond donors (Lipinski definition) is 1. The van der Waals surface area contributed by atoms with Crippen molar-refractivity contribution in [1.82, 2.24) is 10.2 Å². The van der Waals surface area contributed by atoms with Crippen LogP contribution < -0.4 is 5.32 Å². The molecule has 0 aromatic heterocycles. The molecule has 0 spiro atoms. The molecule has 1 aliphatic carbocycles. The van der Waals surface area contributed by atoms with Crippen LogP contribution >= 0.6 is 0 Å². The normalized spacial score (nSPS) is 29.2. The van der Waals surface area contributed by atoms with Crippen LogP contribution in [0.5, 0.6) is 0 Å². The van der Waals surface area contributed by atoms with Crippen LogP contribution in [0.25, 0.3) is 0 Å². The molecule has 0 aromatic rings. The monoisotopic (exact) mass is 280 g/mol. The lowest BCUT2D eigenvalue weighted by molar-refractivity contribution is -0.156. The van der Waals surface area contributed by atoms with Gasteiger partial charge in [-0.25, -0.2) is 0 Å². The maximum Gasteiger partial charge on any atom is 0.249 e. The molecule has 4 nitrogen and oxygen atoms in total. The van der Waals surface area contributed by atoms with Crippen LogP contribution in [0.3, 0.4) is 0 Å². The molecule has 4 heteroatoms. The van der Waals surface area contributed by atoms with Crippen molar-refractivity contribution in [2.75, 3.05) is 6.54 Å². The highest BCUT2D eigenvalue weighted by molar-refractivity contribution is 5.98. The van der Waals surface area contributed by atoms with Gasteiger partial charge in [0.2, 0.25) is 11.8 Å². The summed E-state index contributed by atoms with van der Waals surface area (Å²) in [6, 6.07) is 0.201.